The Hall–Kier alpha value is -0.810. The molecule has 0 bridgehead atoms. The fourth-order valence-electron chi connectivity index (χ4n) is 1.47. The SMILES string of the molecule is O=C(Nc1cc(Cl)c(F)c(Cl)c1)c1ccc(Br)c(Cl)c1. The second-order valence-electron chi connectivity index (χ2n) is 3.84. The molecule has 2 nitrogen and oxygen atoms in total. The minimum atomic E-state index is -0.724. The smallest absolute Gasteiger partial charge is 0.255 e. The van der Waals surface area contributed by atoms with Gasteiger partial charge in [-0.1, -0.05) is 34.8 Å². The Morgan fingerprint density at radius 2 is 1.65 bits per heavy atom. The van der Waals surface area contributed by atoms with Gasteiger partial charge in [0.25, 0.3) is 5.91 Å². The van der Waals surface area contributed by atoms with E-state index in [4.69, 9.17) is 34.8 Å². The monoisotopic (exact) mass is 395 g/mol. The maximum atomic E-state index is 13.3. The summed E-state index contributed by atoms with van der Waals surface area (Å²) in [7, 11) is 0. The van der Waals surface area contributed by atoms with Crippen molar-refractivity contribution < 1.29 is 9.18 Å². The van der Waals surface area contributed by atoms with E-state index < -0.39 is 11.7 Å². The molecule has 0 saturated carbocycles. The van der Waals surface area contributed by atoms with Gasteiger partial charge in [0, 0.05) is 15.7 Å². The van der Waals surface area contributed by atoms with Crippen LogP contribution in [-0.2, 0) is 0 Å². The largest absolute Gasteiger partial charge is 0.322 e. The van der Waals surface area contributed by atoms with E-state index >= 15 is 0 Å². The third kappa shape index (κ3) is 3.44. The van der Waals surface area contributed by atoms with E-state index in [0.29, 0.717) is 20.7 Å². The molecule has 0 unspecified atom stereocenters. The first-order valence-electron chi connectivity index (χ1n) is 5.29. The number of anilines is 1. The van der Waals surface area contributed by atoms with Crippen molar-refractivity contribution in [2.45, 2.75) is 0 Å². The number of rotatable bonds is 2. The first-order chi connectivity index (χ1) is 9.38. The molecule has 2 aromatic rings. The van der Waals surface area contributed by atoms with Gasteiger partial charge in [-0.05, 0) is 46.3 Å². The second-order valence-corrected chi connectivity index (χ2v) is 5.91. The van der Waals surface area contributed by atoms with Gasteiger partial charge in [0.15, 0.2) is 5.82 Å². The number of carbonyl (C=O) groups is 1. The van der Waals surface area contributed by atoms with E-state index in [1.807, 2.05) is 0 Å². The van der Waals surface area contributed by atoms with Crippen molar-refractivity contribution >= 4 is 62.3 Å². The van der Waals surface area contributed by atoms with Gasteiger partial charge in [0.1, 0.15) is 0 Å². The molecule has 0 spiro atoms. The van der Waals surface area contributed by atoms with Crippen molar-refractivity contribution in [3.63, 3.8) is 0 Å². The molecule has 104 valence electrons. The average Bonchev–Trinajstić information content (AvgIpc) is 2.39. The van der Waals surface area contributed by atoms with Gasteiger partial charge in [0.05, 0.1) is 15.1 Å². The van der Waals surface area contributed by atoms with Crippen LogP contribution in [0.4, 0.5) is 10.1 Å². The molecule has 1 N–H and O–H groups in total. The summed E-state index contributed by atoms with van der Waals surface area (Å²) >= 11 is 20.5. The number of amides is 1. The van der Waals surface area contributed by atoms with Crippen molar-refractivity contribution in [2.24, 2.45) is 0 Å². The molecule has 0 aliphatic heterocycles. The zero-order chi connectivity index (χ0) is 14.9. The van der Waals surface area contributed by atoms with Crippen molar-refractivity contribution in [3.05, 3.63) is 61.3 Å². The molecule has 0 aromatic heterocycles. The Bertz CT molecular complexity index is 670. The Morgan fingerprint density at radius 1 is 1.05 bits per heavy atom. The molecular formula is C13H6BrCl3FNO. The van der Waals surface area contributed by atoms with Gasteiger partial charge in [0.2, 0.25) is 0 Å². The predicted molar refractivity (Wildman–Crippen MR) is 83.5 cm³/mol. The predicted octanol–water partition coefficient (Wildman–Crippen LogP) is 5.80. The molecule has 2 aromatic carbocycles. The summed E-state index contributed by atoms with van der Waals surface area (Å²) < 4.78 is 14.0. The molecule has 1 amide bonds. The van der Waals surface area contributed by atoms with Gasteiger partial charge < -0.3 is 5.32 Å². The maximum absolute atomic E-state index is 13.3. The fraction of sp³-hybridized carbons (Fsp3) is 0. The first kappa shape index (κ1) is 15.6. The zero-order valence-electron chi connectivity index (χ0n) is 9.68. The highest BCUT2D eigenvalue weighted by atomic mass is 79.9. The summed E-state index contributed by atoms with van der Waals surface area (Å²) in [5, 5.41) is 2.65. The van der Waals surface area contributed by atoms with E-state index in [1.54, 1.807) is 12.1 Å². The normalized spacial score (nSPS) is 10.4. The molecule has 0 radical (unpaired) electrons. The van der Waals surface area contributed by atoms with Crippen LogP contribution in [0.1, 0.15) is 10.4 Å². The van der Waals surface area contributed by atoms with Gasteiger partial charge in [-0.2, -0.15) is 0 Å². The van der Waals surface area contributed by atoms with Crippen LogP contribution in [0.5, 0.6) is 0 Å². The van der Waals surface area contributed by atoms with Crippen molar-refractivity contribution in [3.8, 4) is 0 Å². The Labute approximate surface area is 138 Å². The summed E-state index contributed by atoms with van der Waals surface area (Å²) in [6.45, 7) is 0. The van der Waals surface area contributed by atoms with Crippen LogP contribution >= 0.6 is 50.7 Å². The number of hydrogen-bond acceptors (Lipinski definition) is 1. The Morgan fingerprint density at radius 3 is 2.20 bits per heavy atom. The minimum absolute atomic E-state index is 0.165. The number of halogens is 5. The lowest BCUT2D eigenvalue weighted by atomic mass is 10.2. The lowest BCUT2D eigenvalue weighted by Crippen LogP contribution is -2.12. The summed E-state index contributed by atoms with van der Waals surface area (Å²) in [5.41, 5.74) is 0.653. The van der Waals surface area contributed by atoms with Crippen LogP contribution in [0.25, 0.3) is 0 Å². The maximum Gasteiger partial charge on any atom is 0.255 e. The molecule has 2 rings (SSSR count). The molecule has 0 atom stereocenters. The standard InChI is InChI=1S/C13H6BrCl3FNO/c14-8-2-1-6(3-9(8)15)13(20)19-7-4-10(16)12(18)11(17)5-7/h1-5H,(H,19,20). The van der Waals surface area contributed by atoms with Gasteiger partial charge in [-0.3, -0.25) is 4.79 Å². The van der Waals surface area contributed by atoms with Gasteiger partial charge in [-0.15, -0.1) is 0 Å². The van der Waals surface area contributed by atoms with Crippen LogP contribution < -0.4 is 5.32 Å². The van der Waals surface area contributed by atoms with Crippen molar-refractivity contribution in [2.75, 3.05) is 5.32 Å². The molecule has 0 aliphatic carbocycles. The van der Waals surface area contributed by atoms with E-state index in [1.165, 1.54) is 18.2 Å². The van der Waals surface area contributed by atoms with Crippen molar-refractivity contribution in [1.29, 1.82) is 0 Å². The van der Waals surface area contributed by atoms with Crippen molar-refractivity contribution in [1.82, 2.24) is 0 Å². The zero-order valence-corrected chi connectivity index (χ0v) is 13.5. The Balaban J connectivity index is 2.25. The highest BCUT2D eigenvalue weighted by molar-refractivity contribution is 9.10. The molecule has 0 fully saturated rings. The van der Waals surface area contributed by atoms with Crippen LogP contribution in [0.3, 0.4) is 0 Å². The fourth-order valence-corrected chi connectivity index (χ4v) is 2.38. The summed E-state index contributed by atoms with van der Waals surface area (Å²) in [4.78, 5) is 12.0. The topological polar surface area (TPSA) is 29.1 Å². The van der Waals surface area contributed by atoms with Crippen LogP contribution in [0, 0.1) is 5.82 Å². The van der Waals surface area contributed by atoms with E-state index in [9.17, 15) is 9.18 Å². The molecule has 20 heavy (non-hydrogen) atoms. The lowest BCUT2D eigenvalue weighted by molar-refractivity contribution is 0.102. The summed E-state index contributed by atoms with van der Waals surface area (Å²) in [6, 6.07) is 7.32. The van der Waals surface area contributed by atoms with Crippen LogP contribution in [0.2, 0.25) is 15.1 Å². The number of hydrogen-bond donors (Lipinski definition) is 1. The van der Waals surface area contributed by atoms with E-state index in [2.05, 4.69) is 21.2 Å². The quantitative estimate of drug-likeness (QED) is 0.638. The number of benzene rings is 2. The third-order valence-electron chi connectivity index (χ3n) is 2.42. The summed E-state index contributed by atoms with van der Waals surface area (Å²) in [5.74, 6) is -1.13. The summed E-state index contributed by atoms with van der Waals surface area (Å²) in [6.07, 6.45) is 0. The average molecular weight is 397 g/mol. The van der Waals surface area contributed by atoms with Crippen LogP contribution in [0.15, 0.2) is 34.8 Å². The Kier molecular flexibility index (Phi) is 4.91. The molecule has 0 heterocycles. The number of carbonyl (C=O) groups excluding carboxylic acids is 1. The van der Waals surface area contributed by atoms with Gasteiger partial charge >= 0.3 is 0 Å². The first-order valence-corrected chi connectivity index (χ1v) is 7.22. The number of nitrogens with one attached hydrogen (secondary N) is 1. The molecular weight excluding hydrogens is 391 g/mol. The third-order valence-corrected chi connectivity index (χ3v) is 4.21. The highest BCUT2D eigenvalue weighted by Crippen LogP contribution is 2.28. The molecule has 7 heteroatoms. The lowest BCUT2D eigenvalue weighted by Gasteiger charge is -2.08. The van der Waals surface area contributed by atoms with Crippen LogP contribution in [-0.4, -0.2) is 5.91 Å². The second kappa shape index (κ2) is 6.31. The van der Waals surface area contributed by atoms with E-state index in [0.717, 1.165) is 0 Å². The van der Waals surface area contributed by atoms with Gasteiger partial charge in [-0.25, -0.2) is 4.39 Å². The molecule has 0 saturated heterocycles. The molecule has 0 aliphatic rings. The minimum Gasteiger partial charge on any atom is -0.322 e. The highest BCUT2D eigenvalue weighted by Gasteiger charge is 2.12. The van der Waals surface area contributed by atoms with E-state index in [-0.39, 0.29) is 10.0 Å².